The molecule has 1 fully saturated rings. The first-order valence-electron chi connectivity index (χ1n) is 9.07. The first kappa shape index (κ1) is 15.1. The fourth-order valence-corrected chi connectivity index (χ4v) is 3.50. The van der Waals surface area contributed by atoms with Gasteiger partial charge in [0.2, 0.25) is 5.91 Å². The molecule has 0 aliphatic carbocycles. The maximum Gasteiger partial charge on any atom is 0.276 e. The minimum Gasteiger partial charge on any atom is -0.364 e. The van der Waals surface area contributed by atoms with Gasteiger partial charge in [0.15, 0.2) is 5.69 Å². The second-order valence-electron chi connectivity index (χ2n) is 6.43. The van der Waals surface area contributed by atoms with Crippen LogP contribution >= 0.6 is 0 Å². The molecule has 0 saturated carbocycles. The smallest absolute Gasteiger partial charge is 0.276 e. The molecule has 2 aliphatic rings. The van der Waals surface area contributed by atoms with Crippen LogP contribution in [0, 0.1) is 0 Å². The van der Waals surface area contributed by atoms with Gasteiger partial charge in [0.1, 0.15) is 5.69 Å². The van der Waals surface area contributed by atoms with Crippen LogP contribution in [0.2, 0.25) is 0 Å². The highest BCUT2D eigenvalue weighted by atomic mass is 16.2. The number of aromatic amines is 1. The highest BCUT2D eigenvalue weighted by Crippen LogP contribution is 2.28. The van der Waals surface area contributed by atoms with Crippen LogP contribution in [0.15, 0.2) is 24.2 Å². The predicted molar refractivity (Wildman–Crippen MR) is 95.1 cm³/mol. The summed E-state index contributed by atoms with van der Waals surface area (Å²) in [5.74, 6) is -0.972. The van der Waals surface area contributed by atoms with Crippen LogP contribution in [0.3, 0.4) is 0 Å². The molecule has 1 saturated heterocycles. The standard InChI is InChI=1S/C18H19N5O3/c19-17(25)15-13-8-10-23(18(26)16(13)21-20-15)12-6-4-11(5-7-12)22-9-2-1-3-14(22)24/h4-7H,1-3,8-10H2,(H2,19,25)(H,20,21)/i6D. The molecule has 8 nitrogen and oxygen atoms in total. The van der Waals surface area contributed by atoms with Crippen LogP contribution in [0.5, 0.6) is 0 Å². The number of nitrogens with zero attached hydrogens (tertiary/aromatic N) is 3. The van der Waals surface area contributed by atoms with Crippen molar-refractivity contribution < 1.29 is 15.8 Å². The molecule has 4 rings (SSSR count). The van der Waals surface area contributed by atoms with Crippen molar-refractivity contribution in [2.75, 3.05) is 22.9 Å². The Kier molecular flexibility index (Phi) is 3.66. The summed E-state index contributed by atoms with van der Waals surface area (Å²) in [6.45, 7) is 0.965. The Bertz CT molecular complexity index is 954. The maximum atomic E-state index is 12.8. The topological polar surface area (TPSA) is 112 Å². The van der Waals surface area contributed by atoms with Gasteiger partial charge >= 0.3 is 0 Å². The summed E-state index contributed by atoms with van der Waals surface area (Å²) in [7, 11) is 0. The molecule has 8 heteroatoms. The van der Waals surface area contributed by atoms with Gasteiger partial charge in [-0.05, 0) is 43.5 Å². The highest BCUT2D eigenvalue weighted by Gasteiger charge is 2.31. The number of nitrogens with two attached hydrogens (primary N) is 1. The fraction of sp³-hybridized carbons (Fsp3) is 0.333. The van der Waals surface area contributed by atoms with Crippen molar-refractivity contribution in [1.29, 1.82) is 0 Å². The average Bonchev–Trinajstić information content (AvgIpc) is 3.08. The van der Waals surface area contributed by atoms with E-state index in [1.807, 2.05) is 0 Å². The van der Waals surface area contributed by atoms with Crippen LogP contribution < -0.4 is 15.5 Å². The molecular formula is C18H19N5O3. The van der Waals surface area contributed by atoms with Gasteiger partial charge in [-0.3, -0.25) is 19.5 Å². The van der Waals surface area contributed by atoms with E-state index >= 15 is 0 Å². The number of rotatable bonds is 3. The minimum absolute atomic E-state index is 0.0588. The summed E-state index contributed by atoms with van der Waals surface area (Å²) in [6, 6.07) is 5.23. The SMILES string of the molecule is [2H]c1cc(N2CCCCC2=O)ccc1N1CCc2c(C(N)=O)n[nH]c2C1=O. The molecule has 1 aromatic carbocycles. The van der Waals surface area contributed by atoms with Gasteiger partial charge in [0.25, 0.3) is 11.8 Å². The molecule has 2 aromatic rings. The Labute approximate surface area is 151 Å². The number of piperidine rings is 1. The normalized spacial score (nSPS) is 17.9. The molecule has 3 heterocycles. The van der Waals surface area contributed by atoms with Gasteiger partial charge in [-0.25, -0.2) is 0 Å². The Morgan fingerprint density at radius 2 is 1.92 bits per heavy atom. The van der Waals surface area contributed by atoms with Crippen molar-refractivity contribution >= 4 is 29.1 Å². The average molecular weight is 354 g/mol. The van der Waals surface area contributed by atoms with E-state index in [4.69, 9.17) is 7.10 Å². The lowest BCUT2D eigenvalue weighted by Crippen LogP contribution is -2.38. The Balaban J connectivity index is 1.63. The fourth-order valence-electron chi connectivity index (χ4n) is 3.50. The molecule has 0 radical (unpaired) electrons. The molecule has 1 aromatic heterocycles. The zero-order chi connectivity index (χ0) is 19.1. The number of hydrogen-bond acceptors (Lipinski definition) is 4. The summed E-state index contributed by atoms with van der Waals surface area (Å²) < 4.78 is 8.35. The van der Waals surface area contributed by atoms with Gasteiger partial charge in [0, 0.05) is 36.4 Å². The van der Waals surface area contributed by atoms with E-state index in [0.29, 0.717) is 42.9 Å². The predicted octanol–water partition coefficient (Wildman–Crippen LogP) is 1.23. The van der Waals surface area contributed by atoms with Crippen molar-refractivity contribution in [2.45, 2.75) is 25.7 Å². The summed E-state index contributed by atoms with van der Waals surface area (Å²) >= 11 is 0. The lowest BCUT2D eigenvalue weighted by Gasteiger charge is -2.29. The zero-order valence-corrected chi connectivity index (χ0v) is 14.1. The molecule has 0 bridgehead atoms. The summed E-state index contributed by atoms with van der Waals surface area (Å²) in [5.41, 5.74) is 7.25. The summed E-state index contributed by atoms with van der Waals surface area (Å²) in [5, 5.41) is 6.43. The number of aromatic nitrogens is 2. The Morgan fingerprint density at radius 1 is 1.12 bits per heavy atom. The van der Waals surface area contributed by atoms with E-state index in [1.165, 1.54) is 4.90 Å². The molecule has 3 amide bonds. The number of amides is 3. The maximum absolute atomic E-state index is 12.8. The molecule has 0 spiro atoms. The van der Waals surface area contributed by atoms with E-state index in [2.05, 4.69) is 10.2 Å². The Hall–Kier alpha value is -3.16. The molecule has 134 valence electrons. The molecule has 2 aliphatic heterocycles. The first-order valence-corrected chi connectivity index (χ1v) is 8.57. The third kappa shape index (κ3) is 2.63. The van der Waals surface area contributed by atoms with Gasteiger partial charge in [-0.2, -0.15) is 5.10 Å². The van der Waals surface area contributed by atoms with E-state index in [9.17, 15) is 14.4 Å². The first-order chi connectivity index (χ1) is 13.0. The van der Waals surface area contributed by atoms with Crippen molar-refractivity contribution in [3.8, 4) is 0 Å². The van der Waals surface area contributed by atoms with Crippen LogP contribution in [-0.2, 0) is 11.2 Å². The number of fused-ring (bicyclic) bond motifs is 1. The van der Waals surface area contributed by atoms with Crippen molar-refractivity contribution in [3.05, 3.63) is 41.2 Å². The number of benzene rings is 1. The van der Waals surface area contributed by atoms with Gasteiger partial charge < -0.3 is 15.5 Å². The van der Waals surface area contributed by atoms with Gasteiger partial charge in [0.05, 0.1) is 1.37 Å². The van der Waals surface area contributed by atoms with Gasteiger partial charge in [-0.15, -0.1) is 0 Å². The number of hydrogen-bond donors (Lipinski definition) is 2. The van der Waals surface area contributed by atoms with Crippen molar-refractivity contribution in [2.24, 2.45) is 5.73 Å². The lowest BCUT2D eigenvalue weighted by atomic mass is 10.0. The molecule has 26 heavy (non-hydrogen) atoms. The van der Waals surface area contributed by atoms with Crippen LogP contribution in [0.1, 0.15) is 47.2 Å². The highest BCUT2D eigenvalue weighted by molar-refractivity contribution is 6.09. The quantitative estimate of drug-likeness (QED) is 0.863. The third-order valence-corrected chi connectivity index (χ3v) is 4.85. The third-order valence-electron chi connectivity index (χ3n) is 4.85. The minimum atomic E-state index is -0.675. The van der Waals surface area contributed by atoms with E-state index < -0.39 is 5.91 Å². The van der Waals surface area contributed by atoms with E-state index in [0.717, 1.165) is 12.8 Å². The number of carbonyl (C=O) groups is 3. The van der Waals surface area contributed by atoms with Crippen LogP contribution in [-0.4, -0.2) is 41.0 Å². The van der Waals surface area contributed by atoms with Gasteiger partial charge in [-0.1, -0.05) is 0 Å². The second-order valence-corrected chi connectivity index (χ2v) is 6.43. The molecule has 0 atom stereocenters. The Morgan fingerprint density at radius 3 is 2.65 bits per heavy atom. The number of H-pyrrole nitrogens is 1. The number of carbonyl (C=O) groups excluding carboxylic acids is 3. The van der Waals surface area contributed by atoms with E-state index in [-0.39, 0.29) is 29.2 Å². The number of anilines is 2. The van der Waals surface area contributed by atoms with Crippen LogP contribution in [0.4, 0.5) is 11.4 Å². The van der Waals surface area contributed by atoms with Crippen molar-refractivity contribution in [3.63, 3.8) is 0 Å². The second kappa shape index (κ2) is 6.29. The number of nitrogens with one attached hydrogen (secondary N) is 1. The molecular weight excluding hydrogens is 334 g/mol. The molecule has 0 unspecified atom stereocenters. The summed E-state index contributed by atoms with van der Waals surface area (Å²) in [6.07, 6.45) is 2.77. The largest absolute Gasteiger partial charge is 0.364 e. The summed E-state index contributed by atoms with van der Waals surface area (Å²) in [4.78, 5) is 39.5. The van der Waals surface area contributed by atoms with E-state index in [1.54, 1.807) is 23.1 Å². The zero-order valence-electron chi connectivity index (χ0n) is 15.1. The number of primary amides is 1. The molecule has 3 N–H and O–H groups in total. The van der Waals surface area contributed by atoms with Crippen LogP contribution in [0.25, 0.3) is 0 Å². The lowest BCUT2D eigenvalue weighted by molar-refractivity contribution is -0.119. The monoisotopic (exact) mass is 354 g/mol. The van der Waals surface area contributed by atoms with Crippen molar-refractivity contribution in [1.82, 2.24) is 10.2 Å².